The number of aromatic amines is 1. The maximum Gasteiger partial charge on any atom is 0.287 e. The van der Waals surface area contributed by atoms with Gasteiger partial charge in [-0.25, -0.2) is 9.37 Å². The summed E-state index contributed by atoms with van der Waals surface area (Å²) in [5.74, 6) is -0.598. The highest BCUT2D eigenvalue weighted by Crippen LogP contribution is 2.27. The number of carbonyl (C=O) groups excluding carboxylic acids is 1. The van der Waals surface area contributed by atoms with Gasteiger partial charge in [0.2, 0.25) is 0 Å². The summed E-state index contributed by atoms with van der Waals surface area (Å²) in [4.78, 5) is 20.0. The van der Waals surface area contributed by atoms with Crippen LogP contribution >= 0.6 is 23.2 Å². The van der Waals surface area contributed by atoms with Crippen molar-refractivity contribution in [2.75, 3.05) is 0 Å². The number of nitrogens with zero attached hydrogens (tertiary/aromatic N) is 1. The monoisotopic (exact) mass is 455 g/mol. The number of nitrogens with one attached hydrogen (secondary N) is 2. The van der Waals surface area contributed by atoms with Crippen LogP contribution in [0.3, 0.4) is 0 Å². The van der Waals surface area contributed by atoms with Crippen LogP contribution < -0.4 is 5.32 Å². The third kappa shape index (κ3) is 5.06. The summed E-state index contributed by atoms with van der Waals surface area (Å²) in [7, 11) is 0. The van der Waals surface area contributed by atoms with E-state index >= 15 is 0 Å². The SMILES string of the molecule is C[C@@H](NC(=O)c1nc2ccc(F)cc2[nH]1)[C@H](Cc1ccc(Cl)cc1)c1ccc(Cl)cc1. The van der Waals surface area contributed by atoms with E-state index in [1.165, 1.54) is 12.1 Å². The Hall–Kier alpha value is -2.89. The van der Waals surface area contributed by atoms with Gasteiger partial charge in [0, 0.05) is 22.0 Å². The Morgan fingerprint density at radius 3 is 2.35 bits per heavy atom. The molecule has 0 aliphatic heterocycles. The standard InChI is InChI=1S/C24H20Cl2FN3O/c1-14(28-24(31)23-29-21-11-10-19(27)13-22(21)30-23)20(16-4-8-18(26)9-5-16)12-15-2-6-17(25)7-3-15/h2-11,13-14,20H,12H2,1H3,(H,28,31)(H,29,30)/t14-,20+/m1/s1. The molecule has 158 valence electrons. The molecular formula is C24H20Cl2FN3O. The number of carbonyl (C=O) groups is 1. The summed E-state index contributed by atoms with van der Waals surface area (Å²) >= 11 is 12.1. The van der Waals surface area contributed by atoms with Crippen molar-refractivity contribution in [1.29, 1.82) is 0 Å². The van der Waals surface area contributed by atoms with Crippen LogP contribution in [0.15, 0.2) is 66.7 Å². The topological polar surface area (TPSA) is 57.8 Å². The van der Waals surface area contributed by atoms with Gasteiger partial charge in [-0.1, -0.05) is 47.5 Å². The lowest BCUT2D eigenvalue weighted by atomic mass is 9.86. The van der Waals surface area contributed by atoms with Crippen LogP contribution in [0, 0.1) is 5.82 Å². The summed E-state index contributed by atoms with van der Waals surface area (Å²) < 4.78 is 13.4. The fourth-order valence-electron chi connectivity index (χ4n) is 3.63. The third-order valence-corrected chi connectivity index (χ3v) is 5.79. The second kappa shape index (κ2) is 9.08. The lowest BCUT2D eigenvalue weighted by molar-refractivity contribution is 0.0925. The fraction of sp³-hybridized carbons (Fsp3) is 0.167. The lowest BCUT2D eigenvalue weighted by Gasteiger charge is -2.25. The minimum Gasteiger partial charge on any atom is -0.346 e. The van der Waals surface area contributed by atoms with Gasteiger partial charge >= 0.3 is 0 Å². The van der Waals surface area contributed by atoms with Crippen molar-refractivity contribution in [3.8, 4) is 0 Å². The number of hydrogen-bond acceptors (Lipinski definition) is 2. The molecule has 4 nitrogen and oxygen atoms in total. The number of hydrogen-bond donors (Lipinski definition) is 2. The molecule has 1 aromatic heterocycles. The van der Waals surface area contributed by atoms with E-state index in [-0.39, 0.29) is 29.5 Å². The molecule has 3 aromatic carbocycles. The van der Waals surface area contributed by atoms with Crippen LogP contribution in [0.2, 0.25) is 10.0 Å². The molecule has 1 amide bonds. The molecule has 0 saturated carbocycles. The molecule has 4 aromatic rings. The zero-order valence-corrected chi connectivity index (χ0v) is 18.2. The van der Waals surface area contributed by atoms with Crippen molar-refractivity contribution in [1.82, 2.24) is 15.3 Å². The number of aromatic nitrogens is 2. The van der Waals surface area contributed by atoms with Gasteiger partial charge in [-0.2, -0.15) is 0 Å². The van der Waals surface area contributed by atoms with E-state index in [9.17, 15) is 9.18 Å². The molecule has 4 rings (SSSR count). The molecule has 0 spiro atoms. The van der Waals surface area contributed by atoms with Crippen LogP contribution in [0.5, 0.6) is 0 Å². The van der Waals surface area contributed by atoms with Gasteiger partial charge in [-0.05, 0) is 66.9 Å². The predicted molar refractivity (Wildman–Crippen MR) is 122 cm³/mol. The first-order valence-corrected chi connectivity index (χ1v) is 10.6. The smallest absolute Gasteiger partial charge is 0.287 e. The van der Waals surface area contributed by atoms with E-state index in [2.05, 4.69) is 15.3 Å². The molecule has 7 heteroatoms. The Bertz CT molecular complexity index is 1210. The first-order chi connectivity index (χ1) is 14.9. The number of amides is 1. The molecule has 31 heavy (non-hydrogen) atoms. The Morgan fingerprint density at radius 2 is 1.68 bits per heavy atom. The summed E-state index contributed by atoms with van der Waals surface area (Å²) in [5.41, 5.74) is 3.17. The van der Waals surface area contributed by atoms with Crippen LogP contribution in [-0.4, -0.2) is 21.9 Å². The molecule has 0 aliphatic rings. The van der Waals surface area contributed by atoms with Crippen molar-refractivity contribution in [2.24, 2.45) is 0 Å². The van der Waals surface area contributed by atoms with Crippen LogP contribution in [0.1, 0.15) is 34.6 Å². The van der Waals surface area contributed by atoms with Gasteiger partial charge in [0.25, 0.3) is 5.91 Å². The largest absolute Gasteiger partial charge is 0.346 e. The number of imidazole rings is 1. The Morgan fingerprint density at radius 1 is 1.03 bits per heavy atom. The zero-order chi connectivity index (χ0) is 22.0. The second-order valence-electron chi connectivity index (χ2n) is 7.50. The van der Waals surface area contributed by atoms with Crippen LogP contribution in [0.4, 0.5) is 4.39 Å². The van der Waals surface area contributed by atoms with E-state index in [1.807, 2.05) is 55.5 Å². The summed E-state index contributed by atoms with van der Waals surface area (Å²) in [5, 5.41) is 4.36. The summed E-state index contributed by atoms with van der Waals surface area (Å²) in [6, 6.07) is 19.2. The molecule has 0 fully saturated rings. The number of halogens is 3. The average Bonchev–Trinajstić information content (AvgIpc) is 3.17. The average molecular weight is 456 g/mol. The van der Waals surface area contributed by atoms with Gasteiger partial charge in [0.15, 0.2) is 5.82 Å². The van der Waals surface area contributed by atoms with E-state index in [0.29, 0.717) is 27.5 Å². The minimum atomic E-state index is -0.387. The van der Waals surface area contributed by atoms with E-state index in [4.69, 9.17) is 23.2 Å². The number of fused-ring (bicyclic) bond motifs is 1. The molecule has 0 unspecified atom stereocenters. The van der Waals surface area contributed by atoms with Crippen LogP contribution in [0.25, 0.3) is 11.0 Å². The van der Waals surface area contributed by atoms with Crippen molar-refractivity contribution < 1.29 is 9.18 Å². The van der Waals surface area contributed by atoms with Gasteiger partial charge in [0.05, 0.1) is 11.0 Å². The fourth-order valence-corrected chi connectivity index (χ4v) is 3.88. The van der Waals surface area contributed by atoms with Crippen molar-refractivity contribution in [2.45, 2.75) is 25.3 Å². The molecule has 2 N–H and O–H groups in total. The van der Waals surface area contributed by atoms with Crippen molar-refractivity contribution in [3.05, 3.63) is 99.5 Å². The lowest BCUT2D eigenvalue weighted by Crippen LogP contribution is -2.38. The highest BCUT2D eigenvalue weighted by molar-refractivity contribution is 6.30. The molecule has 1 heterocycles. The highest BCUT2D eigenvalue weighted by atomic mass is 35.5. The molecular weight excluding hydrogens is 436 g/mol. The van der Waals surface area contributed by atoms with E-state index in [0.717, 1.165) is 11.1 Å². The summed E-state index contributed by atoms with van der Waals surface area (Å²) in [6.07, 6.45) is 0.700. The van der Waals surface area contributed by atoms with Gasteiger partial charge in [-0.3, -0.25) is 4.79 Å². The van der Waals surface area contributed by atoms with Crippen molar-refractivity contribution >= 4 is 40.1 Å². The highest BCUT2D eigenvalue weighted by Gasteiger charge is 2.23. The normalized spacial score (nSPS) is 13.2. The molecule has 0 saturated heterocycles. The van der Waals surface area contributed by atoms with Gasteiger partial charge < -0.3 is 10.3 Å². The predicted octanol–water partition coefficient (Wildman–Crippen LogP) is 6.15. The number of benzene rings is 3. The first-order valence-electron chi connectivity index (χ1n) is 9.85. The Kier molecular flexibility index (Phi) is 6.25. The van der Waals surface area contributed by atoms with Crippen molar-refractivity contribution in [3.63, 3.8) is 0 Å². The number of rotatable bonds is 6. The maximum absolute atomic E-state index is 13.4. The van der Waals surface area contributed by atoms with E-state index in [1.54, 1.807) is 6.07 Å². The zero-order valence-electron chi connectivity index (χ0n) is 16.7. The first kappa shape index (κ1) is 21.3. The van der Waals surface area contributed by atoms with E-state index < -0.39 is 0 Å². The molecule has 0 bridgehead atoms. The van der Waals surface area contributed by atoms with Gasteiger partial charge in [-0.15, -0.1) is 0 Å². The third-order valence-electron chi connectivity index (χ3n) is 5.29. The summed E-state index contributed by atoms with van der Waals surface area (Å²) in [6.45, 7) is 1.95. The second-order valence-corrected chi connectivity index (χ2v) is 8.37. The van der Waals surface area contributed by atoms with Crippen LogP contribution in [-0.2, 0) is 6.42 Å². The number of H-pyrrole nitrogens is 1. The maximum atomic E-state index is 13.4. The molecule has 2 atom stereocenters. The Balaban J connectivity index is 1.57. The molecule has 0 aliphatic carbocycles. The molecule has 0 radical (unpaired) electrons. The quantitative estimate of drug-likeness (QED) is 0.366. The minimum absolute atomic E-state index is 0.00999. The Labute approximate surface area is 189 Å². The van der Waals surface area contributed by atoms with Gasteiger partial charge in [0.1, 0.15) is 5.82 Å².